The SMILES string of the molecule is COCCOCCNCC(O)COC1CCCC1. The predicted octanol–water partition coefficient (Wildman–Crippen LogP) is 0.559. The van der Waals surface area contributed by atoms with Crippen molar-refractivity contribution in [2.24, 2.45) is 0 Å². The normalized spacial score (nSPS) is 18.3. The van der Waals surface area contributed by atoms with Gasteiger partial charge in [-0.25, -0.2) is 0 Å². The van der Waals surface area contributed by atoms with Crippen molar-refractivity contribution in [1.29, 1.82) is 0 Å². The molecule has 1 atom stereocenters. The molecule has 0 saturated heterocycles. The molecule has 2 N–H and O–H groups in total. The van der Waals surface area contributed by atoms with E-state index in [9.17, 15) is 5.11 Å². The summed E-state index contributed by atoms with van der Waals surface area (Å²) in [6.45, 7) is 3.61. The van der Waals surface area contributed by atoms with Crippen LogP contribution in [0.15, 0.2) is 0 Å². The highest BCUT2D eigenvalue weighted by atomic mass is 16.5. The van der Waals surface area contributed by atoms with E-state index in [2.05, 4.69) is 5.32 Å². The van der Waals surface area contributed by atoms with E-state index in [1.165, 1.54) is 12.8 Å². The Bertz CT molecular complexity index is 186. The third-order valence-corrected chi connectivity index (χ3v) is 3.06. The molecule has 0 aliphatic heterocycles. The number of rotatable bonds is 11. The van der Waals surface area contributed by atoms with E-state index in [1.807, 2.05) is 0 Å². The molecule has 5 heteroatoms. The monoisotopic (exact) mass is 261 g/mol. The summed E-state index contributed by atoms with van der Waals surface area (Å²) < 4.78 is 15.8. The van der Waals surface area contributed by atoms with E-state index >= 15 is 0 Å². The van der Waals surface area contributed by atoms with Gasteiger partial charge in [0.15, 0.2) is 0 Å². The van der Waals surface area contributed by atoms with E-state index in [-0.39, 0.29) is 0 Å². The Morgan fingerprint density at radius 2 is 2.00 bits per heavy atom. The highest BCUT2D eigenvalue weighted by Gasteiger charge is 2.16. The zero-order chi connectivity index (χ0) is 13.1. The highest BCUT2D eigenvalue weighted by molar-refractivity contribution is 4.68. The maximum atomic E-state index is 9.70. The van der Waals surface area contributed by atoms with Gasteiger partial charge >= 0.3 is 0 Å². The molecule has 5 nitrogen and oxygen atoms in total. The number of aliphatic hydroxyl groups excluding tert-OH is 1. The van der Waals surface area contributed by atoms with Gasteiger partial charge in [0, 0.05) is 20.2 Å². The average Bonchev–Trinajstić information content (AvgIpc) is 2.88. The number of nitrogens with one attached hydrogen (secondary N) is 1. The predicted molar refractivity (Wildman–Crippen MR) is 69.8 cm³/mol. The van der Waals surface area contributed by atoms with Crippen molar-refractivity contribution in [3.63, 3.8) is 0 Å². The average molecular weight is 261 g/mol. The van der Waals surface area contributed by atoms with Gasteiger partial charge < -0.3 is 24.6 Å². The molecule has 18 heavy (non-hydrogen) atoms. The third-order valence-electron chi connectivity index (χ3n) is 3.06. The minimum atomic E-state index is -0.426. The molecule has 1 fully saturated rings. The molecule has 0 aromatic heterocycles. The Hall–Kier alpha value is -0.200. The van der Waals surface area contributed by atoms with Crippen LogP contribution in [0.2, 0.25) is 0 Å². The molecular weight excluding hydrogens is 234 g/mol. The second-order valence-corrected chi connectivity index (χ2v) is 4.70. The molecule has 1 saturated carbocycles. The first kappa shape index (κ1) is 15.9. The number of methoxy groups -OCH3 is 1. The minimum Gasteiger partial charge on any atom is -0.389 e. The Morgan fingerprint density at radius 3 is 2.72 bits per heavy atom. The summed E-state index contributed by atoms with van der Waals surface area (Å²) >= 11 is 0. The van der Waals surface area contributed by atoms with E-state index in [4.69, 9.17) is 14.2 Å². The second-order valence-electron chi connectivity index (χ2n) is 4.70. The van der Waals surface area contributed by atoms with Gasteiger partial charge in [0.2, 0.25) is 0 Å². The van der Waals surface area contributed by atoms with Crippen LogP contribution in [0.1, 0.15) is 25.7 Å². The summed E-state index contributed by atoms with van der Waals surface area (Å²) in [5.41, 5.74) is 0. The zero-order valence-corrected chi connectivity index (χ0v) is 11.4. The van der Waals surface area contributed by atoms with Crippen LogP contribution in [0.25, 0.3) is 0 Å². The van der Waals surface area contributed by atoms with E-state index in [0.717, 1.165) is 19.4 Å². The Morgan fingerprint density at radius 1 is 1.22 bits per heavy atom. The fourth-order valence-corrected chi connectivity index (χ4v) is 2.02. The lowest BCUT2D eigenvalue weighted by atomic mass is 10.3. The molecule has 0 heterocycles. The smallest absolute Gasteiger partial charge is 0.0897 e. The summed E-state index contributed by atoms with van der Waals surface area (Å²) in [7, 11) is 1.66. The number of ether oxygens (including phenoxy) is 3. The largest absolute Gasteiger partial charge is 0.389 e. The quantitative estimate of drug-likeness (QED) is 0.532. The molecule has 0 bridgehead atoms. The van der Waals surface area contributed by atoms with Crippen LogP contribution in [-0.4, -0.2) is 63.9 Å². The fraction of sp³-hybridized carbons (Fsp3) is 1.00. The number of aliphatic hydroxyl groups is 1. The van der Waals surface area contributed by atoms with Crippen molar-refractivity contribution in [3.05, 3.63) is 0 Å². The summed E-state index contributed by atoms with van der Waals surface area (Å²) in [6.07, 6.45) is 4.76. The van der Waals surface area contributed by atoms with Crippen LogP contribution in [0, 0.1) is 0 Å². The topological polar surface area (TPSA) is 60.0 Å². The molecule has 108 valence electrons. The molecular formula is C13H27NO4. The van der Waals surface area contributed by atoms with Crippen molar-refractivity contribution in [2.45, 2.75) is 37.9 Å². The summed E-state index contributed by atoms with van der Waals surface area (Å²) in [4.78, 5) is 0. The third kappa shape index (κ3) is 8.00. The van der Waals surface area contributed by atoms with Crippen LogP contribution in [-0.2, 0) is 14.2 Å². The first-order valence-corrected chi connectivity index (χ1v) is 6.90. The number of hydrogen-bond donors (Lipinski definition) is 2. The van der Waals surface area contributed by atoms with Crippen molar-refractivity contribution in [3.8, 4) is 0 Å². The van der Waals surface area contributed by atoms with E-state index in [1.54, 1.807) is 7.11 Å². The van der Waals surface area contributed by atoms with E-state index < -0.39 is 6.10 Å². The van der Waals surface area contributed by atoms with Gasteiger partial charge in [-0.15, -0.1) is 0 Å². The first-order valence-electron chi connectivity index (χ1n) is 6.90. The van der Waals surface area contributed by atoms with E-state index in [0.29, 0.717) is 39.1 Å². The Labute approximate surface area is 110 Å². The maximum Gasteiger partial charge on any atom is 0.0897 e. The maximum absolute atomic E-state index is 9.70. The van der Waals surface area contributed by atoms with Gasteiger partial charge in [-0.3, -0.25) is 0 Å². The lowest BCUT2D eigenvalue weighted by Gasteiger charge is -2.16. The molecule has 1 aliphatic rings. The van der Waals surface area contributed by atoms with Crippen LogP contribution in [0.3, 0.4) is 0 Å². The molecule has 1 unspecified atom stereocenters. The standard InChI is InChI=1S/C13H27NO4/c1-16-8-9-17-7-6-14-10-12(15)11-18-13-4-2-3-5-13/h12-15H,2-11H2,1H3. The van der Waals surface area contributed by atoms with Gasteiger partial charge in [0.25, 0.3) is 0 Å². The Balaban J connectivity index is 1.82. The zero-order valence-electron chi connectivity index (χ0n) is 11.4. The molecule has 0 radical (unpaired) electrons. The highest BCUT2D eigenvalue weighted by Crippen LogP contribution is 2.20. The molecule has 1 rings (SSSR count). The van der Waals surface area contributed by atoms with Crippen LogP contribution in [0.4, 0.5) is 0 Å². The molecule has 1 aliphatic carbocycles. The first-order chi connectivity index (χ1) is 8.83. The van der Waals surface area contributed by atoms with Crippen LogP contribution >= 0.6 is 0 Å². The molecule has 0 aromatic rings. The van der Waals surface area contributed by atoms with Crippen molar-refractivity contribution < 1.29 is 19.3 Å². The van der Waals surface area contributed by atoms with Crippen LogP contribution in [0.5, 0.6) is 0 Å². The molecule has 0 amide bonds. The summed E-state index contributed by atoms with van der Waals surface area (Å²) in [5.74, 6) is 0. The lowest BCUT2D eigenvalue weighted by Crippen LogP contribution is -2.33. The molecule has 0 aromatic carbocycles. The van der Waals surface area contributed by atoms with Crippen molar-refractivity contribution in [2.75, 3.05) is 46.6 Å². The van der Waals surface area contributed by atoms with Crippen LogP contribution < -0.4 is 5.32 Å². The van der Waals surface area contributed by atoms with Crippen molar-refractivity contribution in [1.82, 2.24) is 5.32 Å². The van der Waals surface area contributed by atoms with Gasteiger partial charge in [0.05, 0.1) is 38.6 Å². The second kappa shape index (κ2) is 10.7. The number of hydrogen-bond acceptors (Lipinski definition) is 5. The van der Waals surface area contributed by atoms with Gasteiger partial charge in [0.1, 0.15) is 0 Å². The summed E-state index contributed by atoms with van der Waals surface area (Å²) in [5, 5.41) is 12.8. The Kier molecular flexibility index (Phi) is 9.42. The fourth-order valence-electron chi connectivity index (χ4n) is 2.02. The van der Waals surface area contributed by atoms with Gasteiger partial charge in [-0.1, -0.05) is 12.8 Å². The summed E-state index contributed by atoms with van der Waals surface area (Å²) in [6, 6.07) is 0. The molecule has 0 spiro atoms. The lowest BCUT2D eigenvalue weighted by molar-refractivity contribution is -0.00614. The van der Waals surface area contributed by atoms with Gasteiger partial charge in [-0.2, -0.15) is 0 Å². The van der Waals surface area contributed by atoms with Gasteiger partial charge in [-0.05, 0) is 12.8 Å². The van der Waals surface area contributed by atoms with Crippen molar-refractivity contribution >= 4 is 0 Å². The minimum absolute atomic E-state index is 0.372.